The summed E-state index contributed by atoms with van der Waals surface area (Å²) in [6.07, 6.45) is -1.34. The van der Waals surface area contributed by atoms with Crippen LogP contribution in [0, 0.1) is 11.6 Å². The lowest BCUT2D eigenvalue weighted by molar-refractivity contribution is -0.0575. The van der Waals surface area contributed by atoms with E-state index >= 15 is 0 Å². The van der Waals surface area contributed by atoms with Crippen LogP contribution in [0.3, 0.4) is 0 Å². The van der Waals surface area contributed by atoms with E-state index in [4.69, 9.17) is 9.47 Å². The van der Waals surface area contributed by atoms with Gasteiger partial charge < -0.3 is 14.6 Å². The summed E-state index contributed by atoms with van der Waals surface area (Å²) in [4.78, 5) is 2.06. The fourth-order valence-corrected chi connectivity index (χ4v) is 3.98. The minimum Gasteiger partial charge on any atom is -0.389 e. The van der Waals surface area contributed by atoms with E-state index in [0.717, 1.165) is 17.2 Å². The number of aliphatic hydroxyl groups is 1. The Morgan fingerprint density at radius 2 is 1.59 bits per heavy atom. The molecule has 3 aromatic carbocycles. The molecule has 1 heterocycles. The van der Waals surface area contributed by atoms with E-state index in [1.54, 1.807) is 0 Å². The molecule has 1 saturated heterocycles. The molecule has 0 bridgehead atoms. The van der Waals surface area contributed by atoms with Crippen molar-refractivity contribution in [2.45, 2.75) is 18.3 Å². The first-order valence-electron chi connectivity index (χ1n) is 10.8. The van der Waals surface area contributed by atoms with Crippen LogP contribution in [0.5, 0.6) is 0 Å². The third kappa shape index (κ3) is 5.78. The molecule has 4 nitrogen and oxygen atoms in total. The van der Waals surface area contributed by atoms with Crippen molar-refractivity contribution >= 4 is 0 Å². The summed E-state index contributed by atoms with van der Waals surface area (Å²) in [7, 11) is 0. The molecule has 1 aliphatic rings. The number of aliphatic hydroxyl groups excluding tert-OH is 1. The Balaban J connectivity index is 1.36. The Hall–Kier alpha value is -2.64. The Labute approximate surface area is 187 Å². The largest absolute Gasteiger partial charge is 0.389 e. The molecule has 4 rings (SSSR count). The highest BCUT2D eigenvalue weighted by Gasteiger charge is 2.25. The molecular weight excluding hydrogens is 412 g/mol. The van der Waals surface area contributed by atoms with Gasteiger partial charge in [0.05, 0.1) is 25.4 Å². The van der Waals surface area contributed by atoms with Crippen molar-refractivity contribution in [3.05, 3.63) is 107 Å². The Kier molecular flexibility index (Phi) is 7.60. The van der Waals surface area contributed by atoms with E-state index in [2.05, 4.69) is 4.90 Å². The molecule has 0 amide bonds. The van der Waals surface area contributed by atoms with E-state index in [0.29, 0.717) is 31.8 Å². The summed E-state index contributed by atoms with van der Waals surface area (Å²) >= 11 is 0. The highest BCUT2D eigenvalue weighted by molar-refractivity contribution is 5.30. The average Bonchev–Trinajstić information content (AvgIpc) is 2.82. The minimum absolute atomic E-state index is 0.168. The highest BCUT2D eigenvalue weighted by atomic mass is 19.2. The number of halogens is 2. The molecule has 32 heavy (non-hydrogen) atoms. The molecule has 0 aliphatic carbocycles. The third-order valence-electron chi connectivity index (χ3n) is 5.59. The number of benzene rings is 3. The van der Waals surface area contributed by atoms with Crippen LogP contribution in [-0.2, 0) is 9.47 Å². The van der Waals surface area contributed by atoms with Crippen LogP contribution in [0.25, 0.3) is 0 Å². The first-order valence-corrected chi connectivity index (χ1v) is 10.8. The van der Waals surface area contributed by atoms with Gasteiger partial charge in [0.2, 0.25) is 0 Å². The van der Waals surface area contributed by atoms with Crippen molar-refractivity contribution < 1.29 is 23.4 Å². The van der Waals surface area contributed by atoms with Gasteiger partial charge in [0, 0.05) is 19.6 Å². The minimum atomic E-state index is -0.885. The normalized spacial score (nSPS) is 18.1. The van der Waals surface area contributed by atoms with Crippen LogP contribution in [0.2, 0.25) is 0 Å². The van der Waals surface area contributed by atoms with Crippen molar-refractivity contribution in [3.63, 3.8) is 0 Å². The molecule has 0 spiro atoms. The van der Waals surface area contributed by atoms with Gasteiger partial charge in [-0.15, -0.1) is 0 Å². The van der Waals surface area contributed by atoms with Crippen LogP contribution in [0.4, 0.5) is 8.78 Å². The SMILES string of the molecule is OC(COC(c1ccccc1)c1ccccc1)CN1CCOC(c2ccc(F)c(F)c2)C1. The lowest BCUT2D eigenvalue weighted by atomic mass is 10.0. The van der Waals surface area contributed by atoms with Crippen molar-refractivity contribution in [2.75, 3.05) is 32.8 Å². The van der Waals surface area contributed by atoms with Gasteiger partial charge >= 0.3 is 0 Å². The van der Waals surface area contributed by atoms with E-state index in [-0.39, 0.29) is 18.8 Å². The van der Waals surface area contributed by atoms with Crippen LogP contribution in [0.1, 0.15) is 28.9 Å². The summed E-state index contributed by atoms with van der Waals surface area (Å²) in [6.45, 7) is 2.16. The topological polar surface area (TPSA) is 41.9 Å². The molecule has 3 aromatic rings. The standard InChI is InChI=1S/C26H27F2NO3/c27-23-12-11-21(15-24(23)28)25-17-29(13-14-31-25)16-22(30)18-32-26(19-7-3-1-4-8-19)20-9-5-2-6-10-20/h1-12,15,22,25-26,30H,13-14,16-18H2. The number of rotatable bonds is 8. The van der Waals surface area contributed by atoms with E-state index < -0.39 is 17.7 Å². The second-order valence-electron chi connectivity index (χ2n) is 7.98. The molecule has 2 atom stereocenters. The number of ether oxygens (including phenoxy) is 2. The molecule has 0 radical (unpaired) electrons. The fraction of sp³-hybridized carbons (Fsp3) is 0.308. The van der Waals surface area contributed by atoms with Gasteiger partial charge in [0.1, 0.15) is 6.10 Å². The summed E-state index contributed by atoms with van der Waals surface area (Å²) in [5.41, 5.74) is 2.64. The number of nitrogens with zero attached hydrogens (tertiary/aromatic N) is 1. The second kappa shape index (κ2) is 10.8. The monoisotopic (exact) mass is 439 g/mol. The smallest absolute Gasteiger partial charge is 0.159 e. The van der Waals surface area contributed by atoms with Crippen molar-refractivity contribution in [2.24, 2.45) is 0 Å². The van der Waals surface area contributed by atoms with Gasteiger partial charge in [-0.25, -0.2) is 8.78 Å². The maximum absolute atomic E-state index is 13.6. The van der Waals surface area contributed by atoms with Crippen LogP contribution in [0.15, 0.2) is 78.9 Å². The van der Waals surface area contributed by atoms with Gasteiger partial charge in [-0.3, -0.25) is 4.90 Å². The summed E-state index contributed by atoms with van der Waals surface area (Å²) in [5, 5.41) is 10.7. The number of hydrogen-bond acceptors (Lipinski definition) is 4. The quantitative estimate of drug-likeness (QED) is 0.561. The lowest BCUT2D eigenvalue weighted by Crippen LogP contribution is -2.43. The first kappa shape index (κ1) is 22.6. The first-order chi connectivity index (χ1) is 15.6. The highest BCUT2D eigenvalue weighted by Crippen LogP contribution is 2.27. The molecule has 2 unspecified atom stereocenters. The Morgan fingerprint density at radius 3 is 2.22 bits per heavy atom. The van der Waals surface area contributed by atoms with E-state index in [9.17, 15) is 13.9 Å². The predicted octanol–water partition coefficient (Wildman–Crippen LogP) is 4.51. The number of β-amino-alcohol motifs (C(OH)–C–C–N with tert-alkyl or cyclic N) is 1. The van der Waals surface area contributed by atoms with Crippen LogP contribution < -0.4 is 0 Å². The molecule has 0 aromatic heterocycles. The van der Waals surface area contributed by atoms with Gasteiger partial charge in [0.25, 0.3) is 0 Å². The zero-order chi connectivity index (χ0) is 22.3. The maximum Gasteiger partial charge on any atom is 0.159 e. The second-order valence-corrected chi connectivity index (χ2v) is 7.98. The molecule has 168 valence electrons. The molecule has 1 aliphatic heterocycles. The van der Waals surface area contributed by atoms with Gasteiger partial charge in [-0.05, 0) is 28.8 Å². The van der Waals surface area contributed by atoms with Crippen LogP contribution in [-0.4, -0.2) is 49.0 Å². The fourth-order valence-electron chi connectivity index (χ4n) is 3.98. The zero-order valence-corrected chi connectivity index (χ0v) is 17.7. The lowest BCUT2D eigenvalue weighted by Gasteiger charge is -2.34. The van der Waals surface area contributed by atoms with Crippen molar-refractivity contribution in [1.29, 1.82) is 0 Å². The van der Waals surface area contributed by atoms with Crippen LogP contribution >= 0.6 is 0 Å². The van der Waals surface area contributed by atoms with Gasteiger partial charge in [-0.2, -0.15) is 0 Å². The Morgan fingerprint density at radius 1 is 0.938 bits per heavy atom. The molecule has 1 fully saturated rings. The molecular formula is C26H27F2NO3. The third-order valence-corrected chi connectivity index (χ3v) is 5.59. The summed E-state index contributed by atoms with van der Waals surface area (Å²) in [5.74, 6) is -1.76. The van der Waals surface area contributed by atoms with E-state index in [1.807, 2.05) is 60.7 Å². The maximum atomic E-state index is 13.6. The number of morpholine rings is 1. The summed E-state index contributed by atoms with van der Waals surface area (Å²) in [6, 6.07) is 23.7. The number of hydrogen-bond donors (Lipinski definition) is 1. The molecule has 1 N–H and O–H groups in total. The van der Waals surface area contributed by atoms with Gasteiger partial charge in [-0.1, -0.05) is 66.7 Å². The predicted molar refractivity (Wildman–Crippen MR) is 118 cm³/mol. The Bertz CT molecular complexity index is 947. The summed E-state index contributed by atoms with van der Waals surface area (Å²) < 4.78 is 38.7. The molecule has 6 heteroatoms. The zero-order valence-electron chi connectivity index (χ0n) is 17.7. The van der Waals surface area contributed by atoms with E-state index in [1.165, 1.54) is 12.1 Å². The average molecular weight is 440 g/mol. The van der Waals surface area contributed by atoms with Crippen molar-refractivity contribution in [3.8, 4) is 0 Å². The molecule has 0 saturated carbocycles. The van der Waals surface area contributed by atoms with Gasteiger partial charge in [0.15, 0.2) is 11.6 Å². The van der Waals surface area contributed by atoms with Crippen molar-refractivity contribution in [1.82, 2.24) is 4.90 Å².